The van der Waals surface area contributed by atoms with Gasteiger partial charge in [-0.1, -0.05) is 11.8 Å². The first-order valence-electron chi connectivity index (χ1n) is 4.95. The van der Waals surface area contributed by atoms with E-state index in [1.807, 2.05) is 7.05 Å². The molecule has 1 rings (SSSR count). The number of hydrogen-bond donors (Lipinski definition) is 1. The summed E-state index contributed by atoms with van der Waals surface area (Å²) < 4.78 is 11.7. The van der Waals surface area contributed by atoms with Gasteiger partial charge in [-0.3, -0.25) is 0 Å². The number of ether oxygens (including phenoxy) is 2. The molecule has 0 amide bonds. The molecule has 0 aromatic carbocycles. The number of thioether (sulfide) groups is 1. The molecule has 0 bridgehead atoms. The monoisotopic (exact) mass is 247 g/mol. The fourth-order valence-corrected chi connectivity index (χ4v) is 1.79. The van der Waals surface area contributed by atoms with Crippen LogP contribution in [0.15, 0.2) is 11.5 Å². The van der Waals surface area contributed by atoms with Crippen LogP contribution in [0.5, 0.6) is 0 Å². The topological polar surface area (TPSA) is 69.4 Å². The second kappa shape index (κ2) is 7.61. The minimum atomic E-state index is -0.501. The molecule has 0 radical (unpaired) electrons. The first-order chi connectivity index (χ1) is 7.74. The van der Waals surface area contributed by atoms with Gasteiger partial charge < -0.3 is 14.6 Å². The molecule has 1 N–H and O–H groups in total. The molecule has 0 aliphatic carbocycles. The highest BCUT2D eigenvalue weighted by Crippen LogP contribution is 2.14. The van der Waals surface area contributed by atoms with E-state index in [9.17, 15) is 5.11 Å². The molecule has 0 saturated carbocycles. The van der Waals surface area contributed by atoms with Gasteiger partial charge >= 0.3 is 0 Å². The summed E-state index contributed by atoms with van der Waals surface area (Å²) in [6.45, 7) is 1.36. The Kier molecular flexibility index (Phi) is 6.39. The predicted octanol–water partition coefficient (Wildman–Crippen LogP) is -0.0689. The van der Waals surface area contributed by atoms with Crippen molar-refractivity contribution in [1.29, 1.82) is 0 Å². The van der Waals surface area contributed by atoms with Crippen molar-refractivity contribution in [3.05, 3.63) is 6.33 Å². The van der Waals surface area contributed by atoms with Crippen LogP contribution in [0.4, 0.5) is 0 Å². The van der Waals surface area contributed by atoms with E-state index in [2.05, 4.69) is 10.1 Å². The molecule has 0 aliphatic heterocycles. The van der Waals surface area contributed by atoms with Crippen LogP contribution < -0.4 is 0 Å². The van der Waals surface area contributed by atoms with Crippen LogP contribution in [-0.4, -0.2) is 58.7 Å². The average molecular weight is 247 g/mol. The third kappa shape index (κ3) is 4.93. The standard InChI is InChI=1S/C9H17N3O3S/c1-12-9(10-7-11-12)16-6-8(13)5-15-4-3-14-2/h7-8,13H,3-6H2,1-2H3. The molecule has 92 valence electrons. The van der Waals surface area contributed by atoms with Gasteiger partial charge in [0, 0.05) is 19.9 Å². The van der Waals surface area contributed by atoms with Crippen molar-refractivity contribution < 1.29 is 14.6 Å². The van der Waals surface area contributed by atoms with E-state index in [-0.39, 0.29) is 0 Å². The summed E-state index contributed by atoms with van der Waals surface area (Å²) in [7, 11) is 3.43. The Labute approximate surface area is 99.0 Å². The molecular weight excluding hydrogens is 230 g/mol. The van der Waals surface area contributed by atoms with Crippen molar-refractivity contribution in [3.8, 4) is 0 Å². The Morgan fingerprint density at radius 1 is 1.56 bits per heavy atom. The summed E-state index contributed by atoms with van der Waals surface area (Å²) in [5.41, 5.74) is 0. The van der Waals surface area contributed by atoms with Crippen LogP contribution in [0.1, 0.15) is 0 Å². The molecule has 6 nitrogen and oxygen atoms in total. The number of rotatable bonds is 8. The summed E-state index contributed by atoms with van der Waals surface area (Å²) in [6.07, 6.45) is 0.989. The minimum absolute atomic E-state index is 0.314. The molecule has 1 unspecified atom stereocenters. The Hall–Kier alpha value is -0.630. The quantitative estimate of drug-likeness (QED) is 0.512. The summed E-state index contributed by atoms with van der Waals surface area (Å²) in [5, 5.41) is 14.3. The zero-order valence-corrected chi connectivity index (χ0v) is 10.3. The van der Waals surface area contributed by atoms with Gasteiger partial charge in [0.2, 0.25) is 0 Å². The van der Waals surface area contributed by atoms with Crippen LogP contribution in [-0.2, 0) is 16.5 Å². The second-order valence-corrected chi connectivity index (χ2v) is 4.19. The van der Waals surface area contributed by atoms with Crippen molar-refractivity contribution >= 4 is 11.8 Å². The van der Waals surface area contributed by atoms with E-state index in [4.69, 9.17) is 9.47 Å². The Morgan fingerprint density at radius 2 is 2.38 bits per heavy atom. The Morgan fingerprint density at radius 3 is 3.00 bits per heavy atom. The molecule has 16 heavy (non-hydrogen) atoms. The van der Waals surface area contributed by atoms with Crippen molar-refractivity contribution in [2.45, 2.75) is 11.3 Å². The number of methoxy groups -OCH3 is 1. The molecule has 1 heterocycles. The highest BCUT2D eigenvalue weighted by Gasteiger charge is 2.08. The smallest absolute Gasteiger partial charge is 0.185 e. The highest BCUT2D eigenvalue weighted by atomic mass is 32.2. The molecular formula is C9H17N3O3S. The van der Waals surface area contributed by atoms with E-state index < -0.39 is 6.10 Å². The lowest BCUT2D eigenvalue weighted by atomic mass is 10.4. The van der Waals surface area contributed by atoms with Gasteiger partial charge in [0.25, 0.3) is 0 Å². The summed E-state index contributed by atoms with van der Waals surface area (Å²) in [4.78, 5) is 4.04. The first-order valence-corrected chi connectivity index (χ1v) is 5.94. The Bertz CT molecular complexity index is 295. The van der Waals surface area contributed by atoms with E-state index in [1.54, 1.807) is 11.8 Å². The van der Waals surface area contributed by atoms with Gasteiger partial charge in [0.1, 0.15) is 6.33 Å². The SMILES string of the molecule is COCCOCC(O)CSc1ncnn1C. The van der Waals surface area contributed by atoms with Crippen LogP contribution >= 0.6 is 11.8 Å². The van der Waals surface area contributed by atoms with Crippen LogP contribution in [0.2, 0.25) is 0 Å². The van der Waals surface area contributed by atoms with E-state index >= 15 is 0 Å². The lowest BCUT2D eigenvalue weighted by molar-refractivity contribution is 0.0218. The maximum atomic E-state index is 9.59. The zero-order chi connectivity index (χ0) is 11.8. The first kappa shape index (κ1) is 13.4. The van der Waals surface area contributed by atoms with E-state index in [1.165, 1.54) is 18.1 Å². The largest absolute Gasteiger partial charge is 0.390 e. The number of aryl methyl sites for hydroxylation is 1. The van der Waals surface area contributed by atoms with Crippen LogP contribution in [0.25, 0.3) is 0 Å². The van der Waals surface area contributed by atoms with E-state index in [0.717, 1.165) is 5.16 Å². The number of aliphatic hydroxyl groups is 1. The minimum Gasteiger partial charge on any atom is -0.390 e. The molecule has 0 saturated heterocycles. The maximum absolute atomic E-state index is 9.59. The summed E-state index contributed by atoms with van der Waals surface area (Å²) in [5.74, 6) is 0.541. The molecule has 1 atom stereocenters. The maximum Gasteiger partial charge on any atom is 0.185 e. The van der Waals surface area contributed by atoms with Gasteiger partial charge in [-0.15, -0.1) is 0 Å². The normalized spacial score (nSPS) is 12.9. The Balaban J connectivity index is 2.10. The fraction of sp³-hybridized carbons (Fsp3) is 0.778. The third-order valence-electron chi connectivity index (χ3n) is 1.82. The van der Waals surface area contributed by atoms with Gasteiger partial charge in [-0.2, -0.15) is 5.10 Å². The van der Waals surface area contributed by atoms with Crippen LogP contribution in [0, 0.1) is 0 Å². The van der Waals surface area contributed by atoms with Crippen molar-refractivity contribution in [1.82, 2.24) is 14.8 Å². The number of aliphatic hydroxyl groups excluding tert-OH is 1. The molecule has 1 aromatic heterocycles. The summed E-state index contributed by atoms with van der Waals surface area (Å²) >= 11 is 1.45. The molecule has 1 aromatic rings. The lowest BCUT2D eigenvalue weighted by Gasteiger charge is -2.10. The fourth-order valence-electron chi connectivity index (χ4n) is 0.997. The van der Waals surface area contributed by atoms with Gasteiger partial charge in [-0.05, 0) is 0 Å². The highest BCUT2D eigenvalue weighted by molar-refractivity contribution is 7.99. The number of nitrogens with zero attached hydrogens (tertiary/aromatic N) is 3. The second-order valence-electron chi connectivity index (χ2n) is 3.20. The van der Waals surface area contributed by atoms with Crippen LogP contribution in [0.3, 0.4) is 0 Å². The average Bonchev–Trinajstić information content (AvgIpc) is 2.67. The molecule has 0 fully saturated rings. The number of hydrogen-bond acceptors (Lipinski definition) is 6. The molecule has 7 heteroatoms. The number of aromatic nitrogens is 3. The molecule has 0 spiro atoms. The lowest BCUT2D eigenvalue weighted by Crippen LogP contribution is -2.19. The van der Waals surface area contributed by atoms with Gasteiger partial charge in [0.05, 0.1) is 25.9 Å². The van der Waals surface area contributed by atoms with E-state index in [0.29, 0.717) is 25.6 Å². The van der Waals surface area contributed by atoms with Crippen molar-refractivity contribution in [3.63, 3.8) is 0 Å². The van der Waals surface area contributed by atoms with Crippen molar-refractivity contribution in [2.24, 2.45) is 7.05 Å². The van der Waals surface area contributed by atoms with Gasteiger partial charge in [-0.25, -0.2) is 9.67 Å². The third-order valence-corrected chi connectivity index (χ3v) is 3.00. The molecule has 0 aliphatic rings. The van der Waals surface area contributed by atoms with Crippen molar-refractivity contribution in [2.75, 3.05) is 32.7 Å². The zero-order valence-electron chi connectivity index (χ0n) is 9.50. The predicted molar refractivity (Wildman–Crippen MR) is 60.4 cm³/mol. The van der Waals surface area contributed by atoms with Gasteiger partial charge in [0.15, 0.2) is 5.16 Å². The summed E-state index contributed by atoms with van der Waals surface area (Å²) in [6, 6.07) is 0.